The van der Waals surface area contributed by atoms with Gasteiger partial charge in [-0.3, -0.25) is 0 Å². The maximum Gasteiger partial charge on any atom is 0.416 e. The van der Waals surface area contributed by atoms with Crippen molar-refractivity contribution in [3.8, 4) is 0 Å². The van der Waals surface area contributed by atoms with Crippen LogP contribution < -0.4 is 5.32 Å². The lowest BCUT2D eigenvalue weighted by Gasteiger charge is -2.24. The second kappa shape index (κ2) is 4.88. The van der Waals surface area contributed by atoms with Crippen LogP contribution in [0.1, 0.15) is 30.4 Å². The molecule has 0 aliphatic carbocycles. The minimum absolute atomic E-state index is 0.140. The van der Waals surface area contributed by atoms with E-state index in [1.165, 1.54) is 12.1 Å². The molecule has 0 bridgehead atoms. The Balaban J connectivity index is 2.32. The number of halogens is 4. The summed E-state index contributed by atoms with van der Waals surface area (Å²) in [7, 11) is 0. The second-order valence-electron chi connectivity index (χ2n) is 4.65. The molecule has 1 N–H and O–H groups in total. The maximum atomic E-state index is 14.7. The van der Waals surface area contributed by atoms with Crippen LogP contribution in [-0.4, -0.2) is 13.1 Å². The van der Waals surface area contributed by atoms with E-state index in [9.17, 15) is 17.6 Å². The fourth-order valence-electron chi connectivity index (χ4n) is 2.29. The number of nitrogens with one attached hydrogen (secondary N) is 1. The zero-order valence-corrected chi connectivity index (χ0v) is 9.86. The smallest absolute Gasteiger partial charge is 0.317 e. The van der Waals surface area contributed by atoms with Crippen molar-refractivity contribution in [2.45, 2.75) is 31.1 Å². The third-order valence-electron chi connectivity index (χ3n) is 3.33. The highest BCUT2D eigenvalue weighted by Crippen LogP contribution is 2.38. The van der Waals surface area contributed by atoms with Crippen LogP contribution in [0.4, 0.5) is 17.6 Å². The van der Waals surface area contributed by atoms with Gasteiger partial charge < -0.3 is 5.32 Å². The van der Waals surface area contributed by atoms with Gasteiger partial charge in [0.15, 0.2) is 0 Å². The van der Waals surface area contributed by atoms with Gasteiger partial charge in [-0.1, -0.05) is 12.1 Å². The normalized spacial score (nSPS) is 25.8. The van der Waals surface area contributed by atoms with Gasteiger partial charge in [0.2, 0.25) is 0 Å². The van der Waals surface area contributed by atoms with Crippen molar-refractivity contribution in [3.63, 3.8) is 0 Å². The van der Waals surface area contributed by atoms with Crippen molar-refractivity contribution in [1.29, 1.82) is 0 Å². The molecule has 1 aliphatic rings. The van der Waals surface area contributed by atoms with Crippen LogP contribution in [-0.2, 0) is 11.8 Å². The average Bonchev–Trinajstić information content (AvgIpc) is 2.54. The SMILES string of the molecule is FC(F)(F)c1cccc(C2(F)CCCNCC2)c1. The zero-order chi connectivity index (χ0) is 13.2. The molecule has 1 heterocycles. The Kier molecular flexibility index (Phi) is 3.61. The zero-order valence-electron chi connectivity index (χ0n) is 9.86. The largest absolute Gasteiger partial charge is 0.416 e. The summed E-state index contributed by atoms with van der Waals surface area (Å²) in [4.78, 5) is 0. The molecule has 0 aromatic heterocycles. The highest BCUT2D eigenvalue weighted by atomic mass is 19.4. The van der Waals surface area contributed by atoms with Gasteiger partial charge in [0.05, 0.1) is 5.56 Å². The fraction of sp³-hybridized carbons (Fsp3) is 0.538. The summed E-state index contributed by atoms with van der Waals surface area (Å²) in [6, 6.07) is 4.63. The average molecular weight is 261 g/mol. The number of hydrogen-bond acceptors (Lipinski definition) is 1. The minimum atomic E-state index is -4.42. The van der Waals surface area contributed by atoms with Crippen molar-refractivity contribution in [1.82, 2.24) is 5.32 Å². The van der Waals surface area contributed by atoms with E-state index in [1.54, 1.807) is 0 Å². The van der Waals surface area contributed by atoms with Crippen LogP contribution in [0, 0.1) is 0 Å². The molecule has 1 unspecified atom stereocenters. The lowest BCUT2D eigenvalue weighted by atomic mass is 9.88. The predicted molar refractivity (Wildman–Crippen MR) is 61.0 cm³/mol. The molecule has 1 atom stereocenters. The van der Waals surface area contributed by atoms with Gasteiger partial charge in [-0.25, -0.2) is 4.39 Å². The first-order chi connectivity index (χ1) is 8.42. The molecule has 100 valence electrons. The molecule has 5 heteroatoms. The van der Waals surface area contributed by atoms with E-state index >= 15 is 0 Å². The van der Waals surface area contributed by atoms with Crippen molar-refractivity contribution >= 4 is 0 Å². The molecule has 0 saturated carbocycles. The Bertz CT molecular complexity index is 406. The summed E-state index contributed by atoms with van der Waals surface area (Å²) in [5.74, 6) is 0. The molecule has 1 aromatic carbocycles. The fourth-order valence-corrected chi connectivity index (χ4v) is 2.29. The van der Waals surface area contributed by atoms with E-state index in [-0.39, 0.29) is 18.4 Å². The quantitative estimate of drug-likeness (QED) is 0.761. The Morgan fingerprint density at radius 3 is 2.61 bits per heavy atom. The molecular formula is C13H15F4N. The Morgan fingerprint density at radius 1 is 1.11 bits per heavy atom. The molecule has 18 heavy (non-hydrogen) atoms. The third-order valence-corrected chi connectivity index (χ3v) is 3.33. The Morgan fingerprint density at radius 2 is 1.89 bits per heavy atom. The van der Waals surface area contributed by atoms with Crippen LogP contribution in [0.25, 0.3) is 0 Å². The van der Waals surface area contributed by atoms with E-state index in [4.69, 9.17) is 0 Å². The van der Waals surface area contributed by atoms with E-state index in [1.807, 2.05) is 0 Å². The summed E-state index contributed by atoms with van der Waals surface area (Å²) >= 11 is 0. The van der Waals surface area contributed by atoms with Crippen molar-refractivity contribution in [3.05, 3.63) is 35.4 Å². The summed E-state index contributed by atoms with van der Waals surface area (Å²) in [5, 5.41) is 3.05. The summed E-state index contributed by atoms with van der Waals surface area (Å²) in [6.45, 7) is 1.21. The molecule has 0 radical (unpaired) electrons. The number of alkyl halides is 4. The van der Waals surface area contributed by atoms with Crippen LogP contribution in [0.15, 0.2) is 24.3 Å². The van der Waals surface area contributed by atoms with Crippen LogP contribution in [0.5, 0.6) is 0 Å². The Labute approximate surface area is 103 Å². The number of rotatable bonds is 1. The first-order valence-electron chi connectivity index (χ1n) is 5.99. The van der Waals surface area contributed by atoms with E-state index in [0.29, 0.717) is 19.5 Å². The molecule has 1 nitrogen and oxygen atoms in total. The van der Waals surface area contributed by atoms with Crippen molar-refractivity contribution in [2.24, 2.45) is 0 Å². The maximum absolute atomic E-state index is 14.7. The van der Waals surface area contributed by atoms with Crippen LogP contribution in [0.3, 0.4) is 0 Å². The molecular weight excluding hydrogens is 246 g/mol. The summed E-state index contributed by atoms with van der Waals surface area (Å²) in [6.07, 6.45) is -3.31. The van der Waals surface area contributed by atoms with Gasteiger partial charge in [-0.2, -0.15) is 13.2 Å². The molecule has 0 spiro atoms. The molecule has 2 rings (SSSR count). The third kappa shape index (κ3) is 2.83. The lowest BCUT2D eigenvalue weighted by Crippen LogP contribution is -2.23. The van der Waals surface area contributed by atoms with Gasteiger partial charge in [-0.15, -0.1) is 0 Å². The van der Waals surface area contributed by atoms with Crippen LogP contribution in [0.2, 0.25) is 0 Å². The van der Waals surface area contributed by atoms with E-state index in [2.05, 4.69) is 5.32 Å². The monoisotopic (exact) mass is 261 g/mol. The predicted octanol–water partition coefficient (Wildman–Crippen LogP) is 3.64. The highest BCUT2D eigenvalue weighted by Gasteiger charge is 2.36. The number of hydrogen-bond donors (Lipinski definition) is 1. The van der Waals surface area contributed by atoms with Crippen LogP contribution >= 0.6 is 0 Å². The molecule has 1 fully saturated rings. The Hall–Kier alpha value is -1.10. The van der Waals surface area contributed by atoms with Crippen molar-refractivity contribution in [2.75, 3.05) is 13.1 Å². The van der Waals surface area contributed by atoms with Gasteiger partial charge in [0.25, 0.3) is 0 Å². The van der Waals surface area contributed by atoms with E-state index in [0.717, 1.165) is 12.1 Å². The van der Waals surface area contributed by atoms with Crippen molar-refractivity contribution < 1.29 is 17.6 Å². The first kappa shape index (κ1) is 13.3. The van der Waals surface area contributed by atoms with E-state index < -0.39 is 17.4 Å². The topological polar surface area (TPSA) is 12.0 Å². The highest BCUT2D eigenvalue weighted by molar-refractivity contribution is 5.30. The van der Waals surface area contributed by atoms with Gasteiger partial charge in [0.1, 0.15) is 5.67 Å². The standard InChI is InChI=1S/C13H15F4N/c14-12(5-2-7-18-8-6-12)10-3-1-4-11(9-10)13(15,16)17/h1,3-4,9,18H,2,5-8H2. The molecule has 0 amide bonds. The second-order valence-corrected chi connectivity index (χ2v) is 4.65. The minimum Gasteiger partial charge on any atom is -0.317 e. The summed E-state index contributed by atoms with van der Waals surface area (Å²) < 4.78 is 52.5. The molecule has 1 saturated heterocycles. The molecule has 1 aliphatic heterocycles. The summed E-state index contributed by atoms with van der Waals surface area (Å²) in [5.41, 5.74) is -2.29. The molecule has 1 aromatic rings. The van der Waals surface area contributed by atoms with Gasteiger partial charge >= 0.3 is 6.18 Å². The lowest BCUT2D eigenvalue weighted by molar-refractivity contribution is -0.137. The van der Waals surface area contributed by atoms with Gasteiger partial charge in [-0.05, 0) is 50.0 Å². The first-order valence-corrected chi connectivity index (χ1v) is 5.99. The van der Waals surface area contributed by atoms with Gasteiger partial charge in [0, 0.05) is 0 Å². The number of benzene rings is 1.